The first-order valence-corrected chi connectivity index (χ1v) is 16.7. The van der Waals surface area contributed by atoms with E-state index in [4.69, 9.17) is 4.74 Å². The fraction of sp³-hybridized carbons (Fsp3) is 0.618. The molecule has 0 radical (unpaired) electrons. The van der Waals surface area contributed by atoms with Crippen LogP contribution in [0.1, 0.15) is 78.5 Å². The second-order valence-corrected chi connectivity index (χ2v) is 14.8. The third-order valence-corrected chi connectivity index (χ3v) is 9.01. The van der Waals surface area contributed by atoms with Gasteiger partial charge in [0.2, 0.25) is 11.8 Å². The molecule has 2 saturated heterocycles. The van der Waals surface area contributed by atoms with Gasteiger partial charge in [-0.1, -0.05) is 45.0 Å². The fourth-order valence-corrected chi connectivity index (χ4v) is 6.52. The molecular formula is C34H51N5O5S. The zero-order valence-corrected chi connectivity index (χ0v) is 29.0. The first kappa shape index (κ1) is 36.2. The number of ether oxygens (including phenoxy) is 1. The minimum absolute atomic E-state index is 0.00642. The van der Waals surface area contributed by atoms with Gasteiger partial charge in [0.1, 0.15) is 17.9 Å². The largest absolute Gasteiger partial charge is 0.444 e. The third kappa shape index (κ3) is 10.4. The Bertz CT molecular complexity index is 1300. The van der Waals surface area contributed by atoms with E-state index in [1.54, 1.807) is 28.2 Å². The average Bonchev–Trinajstić information content (AvgIpc) is 3.73. The molecule has 11 heteroatoms. The molecule has 0 saturated carbocycles. The van der Waals surface area contributed by atoms with Crippen molar-refractivity contribution in [2.75, 3.05) is 26.7 Å². The van der Waals surface area contributed by atoms with E-state index in [1.807, 2.05) is 66.1 Å². The summed E-state index contributed by atoms with van der Waals surface area (Å²) >= 11 is 1.63. The van der Waals surface area contributed by atoms with Crippen LogP contribution in [0.5, 0.6) is 0 Å². The molecule has 45 heavy (non-hydrogen) atoms. The Morgan fingerprint density at radius 1 is 1.09 bits per heavy atom. The molecule has 1 aromatic heterocycles. The van der Waals surface area contributed by atoms with Crippen LogP contribution in [-0.2, 0) is 25.7 Å². The molecule has 0 bridgehead atoms. The highest BCUT2D eigenvalue weighted by molar-refractivity contribution is 7.13. The molecule has 248 valence electrons. The maximum atomic E-state index is 13.1. The van der Waals surface area contributed by atoms with E-state index in [9.17, 15) is 19.2 Å². The predicted octanol–water partition coefficient (Wildman–Crippen LogP) is 5.19. The maximum Gasteiger partial charge on any atom is 0.410 e. The molecule has 3 unspecified atom stereocenters. The number of aryl methyl sites for hydroxylation is 1. The maximum absolute atomic E-state index is 13.1. The number of hydrogen-bond donors (Lipinski definition) is 2. The van der Waals surface area contributed by atoms with Crippen molar-refractivity contribution in [2.24, 2.45) is 11.3 Å². The number of likely N-dealkylation sites (tertiary alicyclic amines) is 2. The summed E-state index contributed by atoms with van der Waals surface area (Å²) in [7, 11) is 1.80. The first-order valence-electron chi connectivity index (χ1n) is 15.8. The molecule has 2 aromatic rings. The summed E-state index contributed by atoms with van der Waals surface area (Å²) in [6, 6.07) is 7.48. The first-order chi connectivity index (χ1) is 21.1. The molecule has 3 atom stereocenters. The number of aldehydes is 1. The number of amides is 3. The number of nitrogens with one attached hydrogen (secondary N) is 2. The Morgan fingerprint density at radius 2 is 1.78 bits per heavy atom. The molecule has 0 aliphatic carbocycles. The number of nitrogens with zero attached hydrogens (tertiary/aromatic N) is 3. The highest BCUT2D eigenvalue weighted by Crippen LogP contribution is 2.28. The Hall–Kier alpha value is -3.31. The van der Waals surface area contributed by atoms with Crippen molar-refractivity contribution in [3.8, 4) is 10.4 Å². The summed E-state index contributed by atoms with van der Waals surface area (Å²) in [5, 5.41) is 6.15. The normalized spacial score (nSPS) is 19.0. The molecule has 2 fully saturated rings. The van der Waals surface area contributed by atoms with Gasteiger partial charge in [0.25, 0.3) is 0 Å². The van der Waals surface area contributed by atoms with E-state index in [1.165, 1.54) is 4.88 Å². The van der Waals surface area contributed by atoms with Crippen LogP contribution < -0.4 is 10.6 Å². The van der Waals surface area contributed by atoms with Gasteiger partial charge in [0.05, 0.1) is 22.1 Å². The lowest BCUT2D eigenvalue weighted by molar-refractivity contribution is -0.142. The molecule has 3 amide bonds. The number of likely N-dealkylation sites (N-methyl/N-ethyl adjacent to an activating group) is 1. The number of thiazole rings is 1. The van der Waals surface area contributed by atoms with Crippen LogP contribution in [0.4, 0.5) is 4.79 Å². The molecule has 1 aromatic carbocycles. The van der Waals surface area contributed by atoms with Crippen molar-refractivity contribution in [3.05, 3.63) is 41.0 Å². The number of rotatable bonds is 8. The SMILES string of the molecule is CC(C)(C)OC(=O)N1CCC(CC=O)C1.CNC(C(=O)N1CCCC1C(=O)NCc1ccc(-c2scnc2C)cc1)C(C)(C)C. The van der Waals surface area contributed by atoms with E-state index in [-0.39, 0.29) is 29.4 Å². The molecular weight excluding hydrogens is 590 g/mol. The third-order valence-electron chi connectivity index (χ3n) is 8.04. The van der Waals surface area contributed by atoms with Crippen LogP contribution in [-0.4, -0.2) is 83.3 Å². The molecule has 0 spiro atoms. The van der Waals surface area contributed by atoms with Crippen molar-refractivity contribution in [2.45, 2.75) is 98.4 Å². The Kier molecular flexibility index (Phi) is 12.7. The molecule has 4 rings (SSSR count). The van der Waals surface area contributed by atoms with Crippen molar-refractivity contribution >= 4 is 35.5 Å². The lowest BCUT2D eigenvalue weighted by Gasteiger charge is -2.34. The Morgan fingerprint density at radius 3 is 2.33 bits per heavy atom. The second kappa shape index (κ2) is 15.8. The number of hydrogen-bond acceptors (Lipinski definition) is 8. The van der Waals surface area contributed by atoms with Crippen molar-refractivity contribution in [1.29, 1.82) is 0 Å². The standard InChI is InChI=1S/C23H32N4O2S.C11H19NO3/c1-15-19(30-14-26-15)17-10-8-16(9-11-17)13-25-21(28)18-7-6-12-27(18)22(29)20(24-5)23(2,3)4;1-11(2,3)15-10(14)12-6-4-9(8-12)5-7-13/h8-11,14,18,20,24H,6-7,12-13H2,1-5H3,(H,25,28);7,9H,4-6,8H2,1-3H3. The van der Waals surface area contributed by atoms with Gasteiger partial charge >= 0.3 is 6.09 Å². The Labute approximate surface area is 272 Å². The summed E-state index contributed by atoms with van der Waals surface area (Å²) in [4.78, 5) is 56.8. The summed E-state index contributed by atoms with van der Waals surface area (Å²) in [6.45, 7) is 16.1. The van der Waals surface area contributed by atoms with Gasteiger partial charge in [0.15, 0.2) is 0 Å². The van der Waals surface area contributed by atoms with E-state index in [2.05, 4.69) is 27.8 Å². The van der Waals surface area contributed by atoms with Crippen LogP contribution in [0.2, 0.25) is 0 Å². The number of aromatic nitrogens is 1. The monoisotopic (exact) mass is 641 g/mol. The molecule has 3 heterocycles. The molecule has 10 nitrogen and oxygen atoms in total. The van der Waals surface area contributed by atoms with Gasteiger partial charge in [-0.25, -0.2) is 9.78 Å². The van der Waals surface area contributed by atoms with Crippen molar-refractivity contribution < 1.29 is 23.9 Å². The topological polar surface area (TPSA) is 121 Å². The predicted molar refractivity (Wildman–Crippen MR) is 178 cm³/mol. The van der Waals surface area contributed by atoms with Gasteiger partial charge < -0.3 is 30.0 Å². The number of benzene rings is 1. The van der Waals surface area contributed by atoms with Crippen LogP contribution in [0.25, 0.3) is 10.4 Å². The minimum Gasteiger partial charge on any atom is -0.444 e. The summed E-state index contributed by atoms with van der Waals surface area (Å²) in [5.41, 5.74) is 4.40. The van der Waals surface area contributed by atoms with Gasteiger partial charge in [0, 0.05) is 32.6 Å². The highest BCUT2D eigenvalue weighted by Gasteiger charge is 2.40. The zero-order chi connectivity index (χ0) is 33.4. The lowest BCUT2D eigenvalue weighted by Crippen LogP contribution is -2.55. The average molecular weight is 642 g/mol. The van der Waals surface area contributed by atoms with Crippen LogP contribution in [0.15, 0.2) is 29.8 Å². The van der Waals surface area contributed by atoms with E-state index >= 15 is 0 Å². The van der Waals surface area contributed by atoms with Crippen LogP contribution in [0.3, 0.4) is 0 Å². The van der Waals surface area contributed by atoms with Gasteiger partial charge in [-0.05, 0) is 76.5 Å². The van der Waals surface area contributed by atoms with Gasteiger partial charge in [-0.15, -0.1) is 11.3 Å². The lowest BCUT2D eigenvalue weighted by atomic mass is 9.86. The number of carbonyl (C=O) groups excluding carboxylic acids is 4. The van der Waals surface area contributed by atoms with Gasteiger partial charge in [-0.3, -0.25) is 9.59 Å². The Balaban J connectivity index is 0.000000309. The van der Waals surface area contributed by atoms with E-state index in [0.717, 1.165) is 35.9 Å². The highest BCUT2D eigenvalue weighted by atomic mass is 32.1. The smallest absolute Gasteiger partial charge is 0.410 e. The summed E-state index contributed by atoms with van der Waals surface area (Å²) in [5.74, 6) is 0.244. The van der Waals surface area contributed by atoms with E-state index in [0.29, 0.717) is 44.9 Å². The van der Waals surface area contributed by atoms with Gasteiger partial charge in [-0.2, -0.15) is 0 Å². The minimum atomic E-state index is -0.445. The second-order valence-electron chi connectivity index (χ2n) is 13.9. The van der Waals surface area contributed by atoms with Crippen LogP contribution >= 0.6 is 11.3 Å². The van der Waals surface area contributed by atoms with E-state index < -0.39 is 11.6 Å². The molecule has 2 N–H and O–H groups in total. The molecule has 2 aliphatic heterocycles. The summed E-state index contributed by atoms with van der Waals surface area (Å²) < 4.78 is 5.25. The van der Waals surface area contributed by atoms with Crippen molar-refractivity contribution in [3.63, 3.8) is 0 Å². The number of carbonyl (C=O) groups is 4. The quantitative estimate of drug-likeness (QED) is 0.381. The van der Waals surface area contributed by atoms with Crippen LogP contribution in [0, 0.1) is 18.3 Å². The zero-order valence-electron chi connectivity index (χ0n) is 28.1. The fourth-order valence-electron chi connectivity index (χ4n) is 5.71. The van der Waals surface area contributed by atoms with Crippen molar-refractivity contribution in [1.82, 2.24) is 25.4 Å². The summed E-state index contributed by atoms with van der Waals surface area (Å²) in [6.07, 6.45) is 3.66. The molecule has 2 aliphatic rings.